The lowest BCUT2D eigenvalue weighted by atomic mass is 9.91. The average molecular weight is 358 g/mol. The third-order valence-electron chi connectivity index (χ3n) is 4.61. The SMILES string of the molecule is Cc1nc(Nc2cc(N[C@@H]3CCCC[C@@H]3N)ncc2C(N)=O)ccc1F. The van der Waals surface area contributed by atoms with Crippen LogP contribution in [0.25, 0.3) is 0 Å². The molecule has 26 heavy (non-hydrogen) atoms. The van der Waals surface area contributed by atoms with Crippen molar-refractivity contribution in [2.75, 3.05) is 10.6 Å². The summed E-state index contributed by atoms with van der Waals surface area (Å²) in [5.41, 5.74) is 12.6. The van der Waals surface area contributed by atoms with E-state index in [9.17, 15) is 9.18 Å². The van der Waals surface area contributed by atoms with Gasteiger partial charge < -0.3 is 22.1 Å². The Morgan fingerprint density at radius 2 is 2.04 bits per heavy atom. The van der Waals surface area contributed by atoms with Crippen molar-refractivity contribution >= 4 is 23.2 Å². The minimum absolute atomic E-state index is 0.0687. The van der Waals surface area contributed by atoms with Crippen LogP contribution in [0.15, 0.2) is 24.4 Å². The zero-order chi connectivity index (χ0) is 18.7. The number of nitrogens with one attached hydrogen (secondary N) is 2. The number of carbonyl (C=O) groups excluding carboxylic acids is 1. The summed E-state index contributed by atoms with van der Waals surface area (Å²) in [7, 11) is 0. The van der Waals surface area contributed by atoms with E-state index in [-0.39, 0.29) is 23.3 Å². The molecule has 0 aliphatic heterocycles. The number of aryl methyl sites for hydroxylation is 1. The van der Waals surface area contributed by atoms with Crippen LogP contribution in [0.5, 0.6) is 0 Å². The lowest BCUT2D eigenvalue weighted by Gasteiger charge is -2.29. The second kappa shape index (κ2) is 7.65. The predicted octanol–water partition coefficient (Wildman–Crippen LogP) is 2.45. The maximum atomic E-state index is 13.4. The number of pyridine rings is 2. The third-order valence-corrected chi connectivity index (χ3v) is 4.61. The van der Waals surface area contributed by atoms with Gasteiger partial charge in [-0.1, -0.05) is 12.8 Å². The van der Waals surface area contributed by atoms with Crippen molar-refractivity contribution in [1.29, 1.82) is 0 Å². The second-order valence-corrected chi connectivity index (χ2v) is 6.57. The van der Waals surface area contributed by atoms with Crippen molar-refractivity contribution in [1.82, 2.24) is 9.97 Å². The van der Waals surface area contributed by atoms with Gasteiger partial charge in [-0.15, -0.1) is 0 Å². The first kappa shape index (κ1) is 18.1. The number of nitrogens with zero attached hydrogens (tertiary/aromatic N) is 2. The molecule has 8 heteroatoms. The lowest BCUT2D eigenvalue weighted by Crippen LogP contribution is -2.42. The number of carbonyl (C=O) groups is 1. The fourth-order valence-corrected chi connectivity index (χ4v) is 3.11. The Labute approximate surface area is 151 Å². The molecular weight excluding hydrogens is 335 g/mol. The summed E-state index contributed by atoms with van der Waals surface area (Å²) in [5.74, 6) is 0.00500. The van der Waals surface area contributed by atoms with Crippen LogP contribution in [0, 0.1) is 12.7 Å². The summed E-state index contributed by atoms with van der Waals surface area (Å²) >= 11 is 0. The summed E-state index contributed by atoms with van der Waals surface area (Å²) in [6.45, 7) is 1.57. The van der Waals surface area contributed by atoms with E-state index < -0.39 is 11.7 Å². The first-order valence-electron chi connectivity index (χ1n) is 8.66. The van der Waals surface area contributed by atoms with Crippen LogP contribution in [-0.4, -0.2) is 28.0 Å². The topological polar surface area (TPSA) is 119 Å². The molecule has 138 valence electrons. The molecule has 0 spiro atoms. The normalized spacial score (nSPS) is 19.8. The number of amides is 1. The molecule has 0 radical (unpaired) electrons. The standard InChI is InChI=1S/C18H23FN6O/c1-10-12(19)6-7-16(23-10)25-15-8-17(22-9-11(15)18(21)26)24-14-5-3-2-4-13(14)20/h6-9,13-14H,2-5,20H2,1H3,(H2,21,26)(H2,22,23,24,25)/t13-,14+/m0/s1. The number of hydrogen-bond acceptors (Lipinski definition) is 6. The summed E-state index contributed by atoms with van der Waals surface area (Å²) in [4.78, 5) is 20.1. The Hall–Kier alpha value is -2.74. The van der Waals surface area contributed by atoms with Gasteiger partial charge >= 0.3 is 0 Å². The molecule has 1 saturated carbocycles. The maximum absolute atomic E-state index is 13.4. The van der Waals surface area contributed by atoms with E-state index in [0.29, 0.717) is 17.3 Å². The maximum Gasteiger partial charge on any atom is 0.252 e. The Balaban J connectivity index is 1.86. The highest BCUT2D eigenvalue weighted by Gasteiger charge is 2.22. The van der Waals surface area contributed by atoms with Crippen molar-refractivity contribution in [3.8, 4) is 0 Å². The molecule has 2 heterocycles. The van der Waals surface area contributed by atoms with Gasteiger partial charge in [0.05, 0.1) is 16.9 Å². The number of nitrogens with two attached hydrogens (primary N) is 2. The van der Waals surface area contributed by atoms with E-state index >= 15 is 0 Å². The van der Waals surface area contributed by atoms with Crippen molar-refractivity contribution in [2.24, 2.45) is 11.5 Å². The van der Waals surface area contributed by atoms with E-state index in [1.165, 1.54) is 18.3 Å². The highest BCUT2D eigenvalue weighted by atomic mass is 19.1. The molecule has 1 amide bonds. The van der Waals surface area contributed by atoms with Crippen molar-refractivity contribution in [3.05, 3.63) is 41.5 Å². The zero-order valence-electron chi connectivity index (χ0n) is 14.6. The van der Waals surface area contributed by atoms with Crippen molar-refractivity contribution in [2.45, 2.75) is 44.7 Å². The van der Waals surface area contributed by atoms with Crippen molar-refractivity contribution < 1.29 is 9.18 Å². The quantitative estimate of drug-likeness (QED) is 0.652. The van der Waals surface area contributed by atoms with Gasteiger partial charge in [-0.25, -0.2) is 14.4 Å². The molecule has 7 nitrogen and oxygen atoms in total. The van der Waals surface area contributed by atoms with Gasteiger partial charge in [0.15, 0.2) is 0 Å². The smallest absolute Gasteiger partial charge is 0.252 e. The molecular formula is C18H23FN6O. The number of rotatable bonds is 5. The highest BCUT2D eigenvalue weighted by Crippen LogP contribution is 2.25. The Morgan fingerprint density at radius 3 is 2.73 bits per heavy atom. The van der Waals surface area contributed by atoms with Crippen LogP contribution in [0.2, 0.25) is 0 Å². The van der Waals surface area contributed by atoms with Gasteiger partial charge in [0.1, 0.15) is 17.5 Å². The summed E-state index contributed by atoms with van der Waals surface area (Å²) in [6.07, 6.45) is 5.62. The predicted molar refractivity (Wildman–Crippen MR) is 98.8 cm³/mol. The average Bonchev–Trinajstić information content (AvgIpc) is 2.60. The largest absolute Gasteiger partial charge is 0.366 e. The van der Waals surface area contributed by atoms with E-state index in [1.807, 2.05) is 0 Å². The summed E-state index contributed by atoms with van der Waals surface area (Å²) in [6, 6.07) is 4.71. The Kier molecular flexibility index (Phi) is 5.32. The Morgan fingerprint density at radius 1 is 1.27 bits per heavy atom. The van der Waals surface area contributed by atoms with Crippen LogP contribution >= 0.6 is 0 Å². The lowest BCUT2D eigenvalue weighted by molar-refractivity contribution is 0.100. The molecule has 0 saturated heterocycles. The fourth-order valence-electron chi connectivity index (χ4n) is 3.11. The van der Waals surface area contributed by atoms with Crippen LogP contribution in [0.3, 0.4) is 0 Å². The van der Waals surface area contributed by atoms with Gasteiger partial charge in [0.25, 0.3) is 5.91 Å². The van der Waals surface area contributed by atoms with Gasteiger partial charge in [-0.05, 0) is 31.9 Å². The van der Waals surface area contributed by atoms with Gasteiger partial charge in [0, 0.05) is 24.3 Å². The third kappa shape index (κ3) is 4.08. The number of primary amides is 1. The molecule has 0 unspecified atom stereocenters. The molecule has 2 atom stereocenters. The van der Waals surface area contributed by atoms with E-state index in [0.717, 1.165) is 25.7 Å². The molecule has 0 aromatic carbocycles. The van der Waals surface area contributed by atoms with Crippen LogP contribution in [0.1, 0.15) is 41.7 Å². The molecule has 0 bridgehead atoms. The first-order valence-corrected chi connectivity index (χ1v) is 8.66. The molecule has 2 aromatic heterocycles. The minimum Gasteiger partial charge on any atom is -0.366 e. The van der Waals surface area contributed by atoms with E-state index in [1.54, 1.807) is 13.0 Å². The van der Waals surface area contributed by atoms with Crippen LogP contribution < -0.4 is 22.1 Å². The van der Waals surface area contributed by atoms with Crippen LogP contribution in [0.4, 0.5) is 21.7 Å². The van der Waals surface area contributed by atoms with Crippen molar-refractivity contribution in [3.63, 3.8) is 0 Å². The molecule has 6 N–H and O–H groups in total. The van der Waals surface area contributed by atoms with E-state index in [4.69, 9.17) is 11.5 Å². The van der Waals surface area contributed by atoms with E-state index in [2.05, 4.69) is 20.6 Å². The van der Waals surface area contributed by atoms with Gasteiger partial charge in [-0.3, -0.25) is 4.79 Å². The molecule has 2 aromatic rings. The number of halogens is 1. The Bertz CT molecular complexity index is 812. The number of aromatic nitrogens is 2. The number of hydrogen-bond donors (Lipinski definition) is 4. The first-order chi connectivity index (χ1) is 12.4. The van der Waals surface area contributed by atoms with Gasteiger partial charge in [0.2, 0.25) is 0 Å². The fraction of sp³-hybridized carbons (Fsp3) is 0.389. The zero-order valence-corrected chi connectivity index (χ0v) is 14.6. The molecule has 1 aliphatic rings. The summed E-state index contributed by atoms with van der Waals surface area (Å²) in [5, 5.41) is 6.36. The monoisotopic (exact) mass is 358 g/mol. The minimum atomic E-state index is -0.611. The highest BCUT2D eigenvalue weighted by molar-refractivity contribution is 5.99. The molecule has 3 rings (SSSR count). The number of anilines is 3. The van der Waals surface area contributed by atoms with Gasteiger partial charge in [-0.2, -0.15) is 0 Å². The van der Waals surface area contributed by atoms with Crippen LogP contribution in [-0.2, 0) is 0 Å². The molecule has 1 fully saturated rings. The summed E-state index contributed by atoms with van der Waals surface area (Å²) < 4.78 is 13.4. The molecule has 1 aliphatic carbocycles. The second-order valence-electron chi connectivity index (χ2n) is 6.57.